The number of para-hydroxylation sites is 1. The molecule has 2 aromatic carbocycles. The molecule has 32 heavy (non-hydrogen) atoms. The molecule has 1 aliphatic rings. The van der Waals surface area contributed by atoms with Crippen molar-refractivity contribution >= 4 is 23.2 Å². The Labute approximate surface area is 187 Å². The van der Waals surface area contributed by atoms with Gasteiger partial charge < -0.3 is 19.9 Å². The molecule has 0 aliphatic carbocycles. The lowest BCUT2D eigenvalue weighted by Gasteiger charge is -2.37. The van der Waals surface area contributed by atoms with Crippen molar-refractivity contribution < 1.29 is 9.53 Å². The van der Waals surface area contributed by atoms with Crippen molar-refractivity contribution in [1.82, 2.24) is 9.55 Å². The van der Waals surface area contributed by atoms with E-state index in [-0.39, 0.29) is 18.0 Å². The van der Waals surface area contributed by atoms with Crippen LogP contribution in [-0.2, 0) is 11.3 Å². The number of hydrogen-bond acceptors (Lipinski definition) is 6. The summed E-state index contributed by atoms with van der Waals surface area (Å²) >= 11 is 0. The van der Waals surface area contributed by atoms with Crippen LogP contribution in [0.15, 0.2) is 65.5 Å². The molecular weight excluding hydrogens is 406 g/mol. The summed E-state index contributed by atoms with van der Waals surface area (Å²) in [5.41, 5.74) is 2.23. The minimum atomic E-state index is -0.285. The summed E-state index contributed by atoms with van der Waals surface area (Å²) in [6, 6.07) is 18.8. The van der Waals surface area contributed by atoms with Crippen LogP contribution in [0.1, 0.15) is 5.69 Å². The van der Waals surface area contributed by atoms with Gasteiger partial charge in [0.15, 0.2) is 0 Å². The first-order valence-corrected chi connectivity index (χ1v) is 10.6. The predicted molar refractivity (Wildman–Crippen MR) is 126 cm³/mol. The molecule has 166 valence electrons. The Kier molecular flexibility index (Phi) is 6.39. The number of methoxy groups -OCH3 is 1. The van der Waals surface area contributed by atoms with Crippen molar-refractivity contribution in [2.45, 2.75) is 13.5 Å². The van der Waals surface area contributed by atoms with E-state index in [1.54, 1.807) is 38.3 Å². The summed E-state index contributed by atoms with van der Waals surface area (Å²) in [5, 5.41) is 2.83. The highest BCUT2D eigenvalue weighted by atomic mass is 16.5. The molecule has 8 heteroatoms. The maximum atomic E-state index is 12.8. The molecule has 1 fully saturated rings. The van der Waals surface area contributed by atoms with Gasteiger partial charge >= 0.3 is 0 Å². The van der Waals surface area contributed by atoms with Crippen molar-refractivity contribution in [3.8, 4) is 5.75 Å². The number of piperazine rings is 1. The van der Waals surface area contributed by atoms with Gasteiger partial charge in [-0.25, -0.2) is 4.98 Å². The molecule has 1 aromatic heterocycles. The second-order valence-corrected chi connectivity index (χ2v) is 7.71. The van der Waals surface area contributed by atoms with Crippen LogP contribution in [-0.4, -0.2) is 48.7 Å². The summed E-state index contributed by atoms with van der Waals surface area (Å²) < 4.78 is 6.59. The molecule has 1 aliphatic heterocycles. The first-order chi connectivity index (χ1) is 15.5. The van der Waals surface area contributed by atoms with E-state index in [1.165, 1.54) is 16.3 Å². The topological polar surface area (TPSA) is 79.7 Å². The van der Waals surface area contributed by atoms with E-state index < -0.39 is 0 Å². The molecule has 0 radical (unpaired) electrons. The maximum absolute atomic E-state index is 12.8. The number of nitrogens with one attached hydrogen (secondary N) is 1. The number of anilines is 3. The summed E-state index contributed by atoms with van der Waals surface area (Å²) in [5.74, 6) is 0.957. The van der Waals surface area contributed by atoms with E-state index in [0.29, 0.717) is 36.2 Å². The minimum absolute atomic E-state index is 0.105. The molecule has 2 heterocycles. The van der Waals surface area contributed by atoms with Gasteiger partial charge in [0.2, 0.25) is 11.9 Å². The standard InChI is InChI=1S/C24H27N5O3/c1-18-16-23(31)29(17-22(30)26-19-8-10-21(32-2)11-9-19)24(25-18)28-14-12-27(13-15-28)20-6-4-3-5-7-20/h3-11,16H,12-15,17H2,1-2H3,(H,26,30). The second kappa shape index (κ2) is 9.55. The van der Waals surface area contributed by atoms with Gasteiger partial charge in [-0.15, -0.1) is 0 Å². The molecule has 1 amide bonds. The lowest BCUT2D eigenvalue weighted by atomic mass is 10.2. The van der Waals surface area contributed by atoms with Crippen molar-refractivity contribution in [2.75, 3.05) is 48.4 Å². The van der Waals surface area contributed by atoms with Crippen LogP contribution >= 0.6 is 0 Å². The number of ether oxygens (including phenoxy) is 1. The summed E-state index contributed by atoms with van der Waals surface area (Å²) in [6.45, 7) is 4.74. The quantitative estimate of drug-likeness (QED) is 0.644. The van der Waals surface area contributed by atoms with Gasteiger partial charge in [0, 0.05) is 49.3 Å². The fourth-order valence-electron chi connectivity index (χ4n) is 3.82. The number of aryl methyl sites for hydroxylation is 1. The zero-order valence-corrected chi connectivity index (χ0v) is 18.3. The minimum Gasteiger partial charge on any atom is -0.497 e. The number of carbonyl (C=O) groups excluding carboxylic acids is 1. The van der Waals surface area contributed by atoms with E-state index in [4.69, 9.17) is 4.74 Å². The number of carbonyl (C=O) groups is 1. The Morgan fingerprint density at radius 2 is 1.66 bits per heavy atom. The lowest BCUT2D eigenvalue weighted by molar-refractivity contribution is -0.116. The van der Waals surface area contributed by atoms with E-state index in [1.807, 2.05) is 18.2 Å². The second-order valence-electron chi connectivity index (χ2n) is 7.71. The molecule has 3 aromatic rings. The molecule has 0 spiro atoms. The zero-order valence-electron chi connectivity index (χ0n) is 18.3. The van der Waals surface area contributed by atoms with Crippen LogP contribution in [0, 0.1) is 6.92 Å². The Hall–Kier alpha value is -3.81. The molecule has 1 N–H and O–H groups in total. The highest BCUT2D eigenvalue weighted by Crippen LogP contribution is 2.19. The van der Waals surface area contributed by atoms with Crippen molar-refractivity contribution in [2.24, 2.45) is 0 Å². The van der Waals surface area contributed by atoms with Gasteiger partial charge in [-0.05, 0) is 43.3 Å². The summed E-state index contributed by atoms with van der Waals surface area (Å²) in [4.78, 5) is 34.4. The van der Waals surface area contributed by atoms with E-state index >= 15 is 0 Å². The van der Waals surface area contributed by atoms with Gasteiger partial charge in [0.25, 0.3) is 5.56 Å². The fourth-order valence-corrected chi connectivity index (χ4v) is 3.82. The number of benzene rings is 2. The number of aromatic nitrogens is 2. The highest BCUT2D eigenvalue weighted by Gasteiger charge is 2.22. The van der Waals surface area contributed by atoms with Crippen LogP contribution in [0.5, 0.6) is 5.75 Å². The van der Waals surface area contributed by atoms with Gasteiger partial charge in [-0.1, -0.05) is 18.2 Å². The van der Waals surface area contributed by atoms with E-state index in [0.717, 1.165) is 13.1 Å². The van der Waals surface area contributed by atoms with Gasteiger partial charge in [-0.3, -0.25) is 14.2 Å². The van der Waals surface area contributed by atoms with Crippen molar-refractivity contribution in [1.29, 1.82) is 0 Å². The average Bonchev–Trinajstić information content (AvgIpc) is 2.82. The largest absolute Gasteiger partial charge is 0.497 e. The van der Waals surface area contributed by atoms with Crippen LogP contribution in [0.2, 0.25) is 0 Å². The molecule has 1 saturated heterocycles. The Morgan fingerprint density at radius 3 is 2.31 bits per heavy atom. The summed E-state index contributed by atoms with van der Waals surface area (Å²) in [6.07, 6.45) is 0. The monoisotopic (exact) mass is 433 g/mol. The lowest BCUT2D eigenvalue weighted by Crippen LogP contribution is -2.48. The highest BCUT2D eigenvalue weighted by molar-refractivity contribution is 5.90. The molecule has 0 saturated carbocycles. The third-order valence-corrected chi connectivity index (χ3v) is 5.48. The van der Waals surface area contributed by atoms with Crippen LogP contribution in [0.3, 0.4) is 0 Å². The first-order valence-electron chi connectivity index (χ1n) is 10.6. The maximum Gasteiger partial charge on any atom is 0.255 e. The van der Waals surface area contributed by atoms with E-state index in [2.05, 4.69) is 32.2 Å². The SMILES string of the molecule is COc1ccc(NC(=O)Cn2c(N3CCN(c4ccccc4)CC3)nc(C)cc2=O)cc1. The average molecular weight is 434 g/mol. The smallest absolute Gasteiger partial charge is 0.255 e. The fraction of sp³-hybridized carbons (Fsp3) is 0.292. The normalized spacial score (nSPS) is 13.7. The van der Waals surface area contributed by atoms with Crippen molar-refractivity contribution in [3.63, 3.8) is 0 Å². The zero-order chi connectivity index (χ0) is 22.5. The number of amides is 1. The summed E-state index contributed by atoms with van der Waals surface area (Å²) in [7, 11) is 1.59. The van der Waals surface area contributed by atoms with E-state index in [9.17, 15) is 9.59 Å². The van der Waals surface area contributed by atoms with Gasteiger partial charge in [0.05, 0.1) is 7.11 Å². The molecular formula is C24H27N5O3. The Bertz CT molecular complexity index is 1120. The molecule has 8 nitrogen and oxygen atoms in total. The third kappa shape index (κ3) is 4.91. The Balaban J connectivity index is 1.48. The molecule has 0 unspecified atom stereocenters. The molecule has 4 rings (SSSR count). The van der Waals surface area contributed by atoms with Gasteiger partial charge in [0.1, 0.15) is 12.3 Å². The number of rotatable bonds is 6. The van der Waals surface area contributed by atoms with Crippen molar-refractivity contribution in [3.05, 3.63) is 76.7 Å². The number of hydrogen-bond donors (Lipinski definition) is 1. The Morgan fingerprint density at radius 1 is 1.00 bits per heavy atom. The molecule has 0 atom stereocenters. The number of nitrogens with zero attached hydrogens (tertiary/aromatic N) is 4. The van der Waals surface area contributed by atoms with Crippen LogP contribution < -0.4 is 25.4 Å². The third-order valence-electron chi connectivity index (χ3n) is 5.48. The van der Waals surface area contributed by atoms with Gasteiger partial charge in [-0.2, -0.15) is 0 Å². The first kappa shape index (κ1) is 21.4. The van der Waals surface area contributed by atoms with Crippen LogP contribution in [0.25, 0.3) is 0 Å². The molecule has 0 bridgehead atoms. The predicted octanol–water partition coefficient (Wildman–Crippen LogP) is 2.53. The van der Waals surface area contributed by atoms with Crippen LogP contribution in [0.4, 0.5) is 17.3 Å².